The lowest BCUT2D eigenvalue weighted by Gasteiger charge is -2.37. The summed E-state index contributed by atoms with van der Waals surface area (Å²) < 4.78 is 11.3. The summed E-state index contributed by atoms with van der Waals surface area (Å²) >= 11 is 0. The van der Waals surface area contributed by atoms with E-state index in [-0.39, 0.29) is 0 Å². The third kappa shape index (κ3) is 1.58. The van der Waals surface area contributed by atoms with E-state index in [4.69, 9.17) is 26.9 Å². The molecule has 1 fully saturated rings. The van der Waals surface area contributed by atoms with Gasteiger partial charge in [-0.25, -0.2) is 0 Å². The van der Waals surface area contributed by atoms with Gasteiger partial charge in [0.1, 0.15) is 24.4 Å². The molecule has 72 valence electrons. The zero-order valence-electron chi connectivity index (χ0n) is 7.11. The first kappa shape index (κ1) is 8.36. The van der Waals surface area contributed by atoms with Crippen LogP contribution in [0, 0.1) is 0 Å². The first-order valence-electron chi connectivity index (χ1n) is 4.01. The lowest BCUT2D eigenvalue weighted by Crippen LogP contribution is -2.58. The van der Waals surface area contributed by atoms with Crippen molar-refractivity contribution in [3.05, 3.63) is 0 Å². The Bertz CT molecular complexity index is 177. The second-order valence-corrected chi connectivity index (χ2v) is 2.61. The monoisotopic (exact) mass is 181 g/mol. The minimum Gasteiger partial charge on any atom is -0.394 e. The van der Waals surface area contributed by atoms with E-state index in [0.717, 1.165) is 0 Å². The molecule has 12 heavy (non-hydrogen) atoms. The Morgan fingerprint density at radius 1 is 1.08 bits per heavy atom. The minimum atomic E-state index is -1.79. The molecule has 0 amide bonds. The van der Waals surface area contributed by atoms with E-state index in [9.17, 15) is 0 Å². The quantitative estimate of drug-likeness (QED) is 0.291. The van der Waals surface area contributed by atoms with Gasteiger partial charge in [-0.15, -0.1) is 0 Å². The minimum absolute atomic E-state index is 1.42. The summed E-state index contributed by atoms with van der Waals surface area (Å²) in [6, 6.07) is 0. The topological polar surface area (TPSA) is 110 Å². The molecular weight excluding hydrogens is 168 g/mol. The van der Waals surface area contributed by atoms with Gasteiger partial charge in [-0.2, -0.15) is 0 Å². The van der Waals surface area contributed by atoms with Crippen LogP contribution in [0.3, 0.4) is 0 Å². The average Bonchev–Trinajstić information content (AvgIpc) is 2.07. The molecular formula is C6H12O6. The third-order valence-electron chi connectivity index (χ3n) is 1.77. The van der Waals surface area contributed by atoms with Crippen LogP contribution in [0.4, 0.5) is 0 Å². The molecule has 6 heteroatoms. The zero-order valence-corrected chi connectivity index (χ0v) is 6.11. The average molecular weight is 181 g/mol. The molecule has 1 rings (SSSR count). The normalized spacial score (nSPS) is 53.1. The maximum atomic E-state index is 9.17. The summed E-state index contributed by atoms with van der Waals surface area (Å²) in [6.45, 7) is -1.79. The third-order valence-corrected chi connectivity index (χ3v) is 1.77. The summed E-state index contributed by atoms with van der Waals surface area (Å²) in [4.78, 5) is 0. The van der Waals surface area contributed by atoms with Crippen molar-refractivity contribution in [1.29, 1.82) is 0 Å². The Labute approximate surface area is 70.0 Å². The van der Waals surface area contributed by atoms with E-state index in [1.807, 2.05) is 0 Å². The van der Waals surface area contributed by atoms with Gasteiger partial charge < -0.3 is 30.3 Å². The molecule has 5 N–H and O–H groups in total. The standard InChI is InChI=1S/C6H12O6/c7-1-2-3(8)4(9)5(10)6(11)12-2/h2-11H,1H2/t2-,3-,4+,5-,6?/m1/s1/i1D/t1-,2-,3-,4+,5-,6?. The Balaban J connectivity index is 2.70. The molecule has 1 unspecified atom stereocenters. The fraction of sp³-hybridized carbons (Fsp3) is 1.00. The fourth-order valence-electron chi connectivity index (χ4n) is 1.01. The molecule has 0 spiro atoms. The van der Waals surface area contributed by atoms with Crippen LogP contribution >= 0.6 is 0 Å². The zero-order chi connectivity index (χ0) is 10.2. The molecule has 6 nitrogen and oxygen atoms in total. The van der Waals surface area contributed by atoms with Gasteiger partial charge in [0.15, 0.2) is 6.29 Å². The summed E-state index contributed by atoms with van der Waals surface area (Å²) in [5.74, 6) is 0. The molecule has 1 saturated heterocycles. The van der Waals surface area contributed by atoms with Crippen LogP contribution in [0.25, 0.3) is 0 Å². The van der Waals surface area contributed by atoms with E-state index < -0.39 is 37.3 Å². The lowest BCUT2D eigenvalue weighted by atomic mass is 10.00. The van der Waals surface area contributed by atoms with Crippen molar-refractivity contribution in [2.24, 2.45) is 0 Å². The van der Waals surface area contributed by atoms with E-state index in [2.05, 4.69) is 4.74 Å². The van der Waals surface area contributed by atoms with Crippen LogP contribution in [0.15, 0.2) is 0 Å². The smallest absolute Gasteiger partial charge is 0.184 e. The number of aliphatic hydroxyl groups is 5. The van der Waals surface area contributed by atoms with Gasteiger partial charge in [-0.05, 0) is 0 Å². The molecule has 0 radical (unpaired) electrons. The largest absolute Gasteiger partial charge is 0.394 e. The summed E-state index contributed by atoms with van der Waals surface area (Å²) in [5.41, 5.74) is 0. The van der Waals surface area contributed by atoms with Gasteiger partial charge in [0, 0.05) is 0 Å². The Kier molecular flexibility index (Phi) is 2.54. The number of rotatable bonds is 1. The highest BCUT2D eigenvalue weighted by molar-refractivity contribution is 4.87. The maximum absolute atomic E-state index is 9.17. The predicted molar refractivity (Wildman–Crippen MR) is 36.0 cm³/mol. The Morgan fingerprint density at radius 3 is 2.17 bits per heavy atom. The molecule has 1 aliphatic heterocycles. The van der Waals surface area contributed by atoms with Gasteiger partial charge in [-0.3, -0.25) is 0 Å². The van der Waals surface area contributed by atoms with Crippen molar-refractivity contribution in [3.63, 3.8) is 0 Å². The molecule has 0 aliphatic carbocycles. The van der Waals surface area contributed by atoms with E-state index in [1.165, 1.54) is 0 Å². The van der Waals surface area contributed by atoms with Crippen LogP contribution in [0.2, 0.25) is 0 Å². The molecule has 6 atom stereocenters. The van der Waals surface area contributed by atoms with Gasteiger partial charge >= 0.3 is 0 Å². The van der Waals surface area contributed by atoms with Gasteiger partial charge in [0.2, 0.25) is 0 Å². The maximum Gasteiger partial charge on any atom is 0.184 e. The van der Waals surface area contributed by atoms with Gasteiger partial charge in [0.05, 0.1) is 7.95 Å². The molecule has 0 aromatic carbocycles. The van der Waals surface area contributed by atoms with Gasteiger partial charge in [-0.1, -0.05) is 0 Å². The van der Waals surface area contributed by atoms with E-state index >= 15 is 0 Å². The van der Waals surface area contributed by atoms with Crippen molar-refractivity contribution in [2.45, 2.75) is 30.7 Å². The SMILES string of the molecule is [2H][C@@H](O)[C@H]1OC(O)[C@H](O)[C@@H](O)[C@@H]1O. The number of hydrogen-bond donors (Lipinski definition) is 5. The summed E-state index contributed by atoms with van der Waals surface area (Å²) in [7, 11) is 0. The van der Waals surface area contributed by atoms with Crippen molar-refractivity contribution in [1.82, 2.24) is 0 Å². The molecule has 1 heterocycles. The second kappa shape index (κ2) is 3.65. The van der Waals surface area contributed by atoms with Crippen LogP contribution in [-0.2, 0) is 4.74 Å². The first-order chi connectivity index (χ1) is 5.95. The second-order valence-electron chi connectivity index (χ2n) is 2.61. The van der Waals surface area contributed by atoms with Crippen LogP contribution < -0.4 is 0 Å². The predicted octanol–water partition coefficient (Wildman–Crippen LogP) is -3.22. The molecule has 0 aromatic rings. The van der Waals surface area contributed by atoms with Crippen molar-refractivity contribution in [2.75, 3.05) is 6.58 Å². The lowest BCUT2D eigenvalue weighted by molar-refractivity contribution is -0.286. The van der Waals surface area contributed by atoms with Crippen LogP contribution in [-0.4, -0.2) is 62.8 Å². The van der Waals surface area contributed by atoms with Crippen molar-refractivity contribution >= 4 is 0 Å². The van der Waals surface area contributed by atoms with E-state index in [1.54, 1.807) is 0 Å². The molecule has 0 aromatic heterocycles. The highest BCUT2D eigenvalue weighted by Gasteiger charge is 2.42. The van der Waals surface area contributed by atoms with Gasteiger partial charge in [0.25, 0.3) is 0 Å². The van der Waals surface area contributed by atoms with E-state index in [0.29, 0.717) is 0 Å². The first-order valence-corrected chi connectivity index (χ1v) is 3.43. The Hall–Kier alpha value is -0.240. The van der Waals surface area contributed by atoms with Crippen molar-refractivity contribution in [3.8, 4) is 0 Å². The highest BCUT2D eigenvalue weighted by Crippen LogP contribution is 2.18. The molecule has 1 aliphatic rings. The van der Waals surface area contributed by atoms with Crippen molar-refractivity contribution < 1.29 is 31.6 Å². The molecule has 0 saturated carbocycles. The highest BCUT2D eigenvalue weighted by atomic mass is 16.6. The molecule has 0 bridgehead atoms. The van der Waals surface area contributed by atoms with Crippen LogP contribution in [0.1, 0.15) is 1.37 Å². The number of aliphatic hydroxyl groups excluding tert-OH is 5. The number of hydrogen-bond acceptors (Lipinski definition) is 6. The summed E-state index contributed by atoms with van der Waals surface area (Å²) in [5, 5.41) is 45.0. The summed E-state index contributed by atoms with van der Waals surface area (Å²) in [6.07, 6.45) is -7.98. The fourth-order valence-corrected chi connectivity index (χ4v) is 1.01. The number of ether oxygens (including phenoxy) is 1. The Morgan fingerprint density at radius 2 is 1.67 bits per heavy atom. The van der Waals surface area contributed by atoms with Crippen LogP contribution in [0.5, 0.6) is 0 Å².